The average molecular weight is 317 g/mol. The van der Waals surface area contributed by atoms with Gasteiger partial charge in [-0.2, -0.15) is 0 Å². The van der Waals surface area contributed by atoms with Crippen LogP contribution in [0.1, 0.15) is 46.8 Å². The quantitative estimate of drug-likeness (QED) is 0.719. The third kappa shape index (κ3) is 3.13. The Morgan fingerprint density at radius 2 is 1.68 bits per heavy atom. The molecule has 0 saturated carbocycles. The van der Waals surface area contributed by atoms with Crippen LogP contribution >= 0.6 is 15.9 Å². The molecule has 0 aliphatic carbocycles. The lowest BCUT2D eigenvalue weighted by atomic mass is 9.98. The minimum Gasteiger partial charge on any atom is -0.289 e. The van der Waals surface area contributed by atoms with Crippen LogP contribution in [0, 0.1) is 6.92 Å². The SMILES string of the molecule is Cc1ccc(C(=O)c2ccc(C(C)C)cc2)c(Br)c1. The molecular formula is C17H17BrO. The van der Waals surface area contributed by atoms with Crippen molar-refractivity contribution in [3.05, 3.63) is 69.2 Å². The first-order valence-corrected chi connectivity index (χ1v) is 7.19. The Kier molecular flexibility index (Phi) is 4.20. The van der Waals surface area contributed by atoms with E-state index in [-0.39, 0.29) is 5.78 Å². The highest BCUT2D eigenvalue weighted by molar-refractivity contribution is 9.10. The molecule has 0 fully saturated rings. The number of ketones is 1. The van der Waals surface area contributed by atoms with Gasteiger partial charge in [-0.3, -0.25) is 4.79 Å². The number of carbonyl (C=O) groups is 1. The van der Waals surface area contributed by atoms with Crippen molar-refractivity contribution in [2.45, 2.75) is 26.7 Å². The maximum atomic E-state index is 12.4. The van der Waals surface area contributed by atoms with Crippen molar-refractivity contribution < 1.29 is 4.79 Å². The average Bonchev–Trinajstić information content (AvgIpc) is 2.38. The Hall–Kier alpha value is -1.41. The molecule has 0 aromatic heterocycles. The van der Waals surface area contributed by atoms with E-state index in [4.69, 9.17) is 0 Å². The number of aryl methyl sites for hydroxylation is 1. The van der Waals surface area contributed by atoms with Gasteiger partial charge in [0.2, 0.25) is 0 Å². The molecule has 0 atom stereocenters. The fraction of sp³-hybridized carbons (Fsp3) is 0.235. The summed E-state index contributed by atoms with van der Waals surface area (Å²) in [4.78, 5) is 12.4. The van der Waals surface area contributed by atoms with E-state index in [0.29, 0.717) is 11.5 Å². The highest BCUT2D eigenvalue weighted by atomic mass is 79.9. The zero-order chi connectivity index (χ0) is 14.0. The van der Waals surface area contributed by atoms with Gasteiger partial charge < -0.3 is 0 Å². The van der Waals surface area contributed by atoms with Gasteiger partial charge in [0.15, 0.2) is 5.78 Å². The van der Waals surface area contributed by atoms with Gasteiger partial charge in [-0.25, -0.2) is 0 Å². The maximum Gasteiger partial charge on any atom is 0.194 e. The summed E-state index contributed by atoms with van der Waals surface area (Å²) in [5, 5.41) is 0. The number of hydrogen-bond donors (Lipinski definition) is 0. The van der Waals surface area contributed by atoms with Crippen LogP contribution in [0.3, 0.4) is 0 Å². The molecular weight excluding hydrogens is 300 g/mol. The van der Waals surface area contributed by atoms with Gasteiger partial charge in [-0.15, -0.1) is 0 Å². The molecule has 0 bridgehead atoms. The smallest absolute Gasteiger partial charge is 0.194 e. The largest absolute Gasteiger partial charge is 0.289 e. The number of hydrogen-bond acceptors (Lipinski definition) is 1. The summed E-state index contributed by atoms with van der Waals surface area (Å²) >= 11 is 3.46. The van der Waals surface area contributed by atoms with Gasteiger partial charge in [-0.1, -0.05) is 60.1 Å². The first-order valence-electron chi connectivity index (χ1n) is 6.40. The molecule has 0 aliphatic rings. The normalized spacial score (nSPS) is 10.8. The van der Waals surface area contributed by atoms with E-state index in [1.165, 1.54) is 5.56 Å². The Bertz CT molecular complexity index is 597. The number of carbonyl (C=O) groups excluding carboxylic acids is 1. The second-order valence-electron chi connectivity index (χ2n) is 5.09. The first kappa shape index (κ1) is 14.0. The molecule has 0 amide bonds. The van der Waals surface area contributed by atoms with Crippen molar-refractivity contribution in [2.75, 3.05) is 0 Å². The second kappa shape index (κ2) is 5.70. The molecule has 2 heteroatoms. The zero-order valence-electron chi connectivity index (χ0n) is 11.4. The molecule has 0 unspecified atom stereocenters. The Balaban J connectivity index is 2.33. The zero-order valence-corrected chi connectivity index (χ0v) is 13.0. The maximum absolute atomic E-state index is 12.4. The predicted molar refractivity (Wildman–Crippen MR) is 82.8 cm³/mol. The van der Waals surface area contributed by atoms with Crippen molar-refractivity contribution in [3.63, 3.8) is 0 Å². The third-order valence-electron chi connectivity index (χ3n) is 3.21. The first-order chi connectivity index (χ1) is 8.99. The van der Waals surface area contributed by atoms with Crippen LogP contribution in [0.25, 0.3) is 0 Å². The molecule has 1 nitrogen and oxygen atoms in total. The van der Waals surface area contributed by atoms with Gasteiger partial charge in [0, 0.05) is 15.6 Å². The van der Waals surface area contributed by atoms with E-state index < -0.39 is 0 Å². The standard InChI is InChI=1S/C17H17BrO/c1-11(2)13-5-7-14(8-6-13)17(19)15-9-4-12(3)10-16(15)18/h4-11H,1-3H3. The predicted octanol–water partition coefficient (Wildman–Crippen LogP) is 5.11. The minimum atomic E-state index is 0.0576. The molecule has 19 heavy (non-hydrogen) atoms. The van der Waals surface area contributed by atoms with E-state index in [9.17, 15) is 4.79 Å². The number of rotatable bonds is 3. The van der Waals surface area contributed by atoms with Crippen molar-refractivity contribution >= 4 is 21.7 Å². The van der Waals surface area contributed by atoms with E-state index >= 15 is 0 Å². The fourth-order valence-electron chi connectivity index (χ4n) is 1.98. The summed E-state index contributed by atoms with van der Waals surface area (Å²) in [5.74, 6) is 0.539. The molecule has 98 valence electrons. The van der Waals surface area contributed by atoms with E-state index in [1.54, 1.807) is 0 Å². The lowest BCUT2D eigenvalue weighted by Gasteiger charge is -2.08. The van der Waals surface area contributed by atoms with Crippen LogP contribution < -0.4 is 0 Å². The Labute approximate surface area is 122 Å². The lowest BCUT2D eigenvalue weighted by Crippen LogP contribution is -2.03. The van der Waals surface area contributed by atoms with Crippen molar-refractivity contribution in [3.8, 4) is 0 Å². The van der Waals surface area contributed by atoms with Crippen molar-refractivity contribution in [1.82, 2.24) is 0 Å². The Morgan fingerprint density at radius 3 is 2.21 bits per heavy atom. The Morgan fingerprint density at radius 1 is 1.05 bits per heavy atom. The summed E-state index contributed by atoms with van der Waals surface area (Å²) in [6, 6.07) is 13.7. The summed E-state index contributed by atoms with van der Waals surface area (Å²) in [5.41, 5.74) is 3.83. The summed E-state index contributed by atoms with van der Waals surface area (Å²) < 4.78 is 0.852. The monoisotopic (exact) mass is 316 g/mol. The molecule has 2 rings (SSSR count). The molecule has 0 heterocycles. The van der Waals surface area contributed by atoms with Gasteiger partial charge in [-0.05, 0) is 36.1 Å². The van der Waals surface area contributed by atoms with Crippen LogP contribution in [-0.2, 0) is 0 Å². The highest BCUT2D eigenvalue weighted by Gasteiger charge is 2.12. The molecule has 0 N–H and O–H groups in total. The lowest BCUT2D eigenvalue weighted by molar-refractivity contribution is 0.103. The van der Waals surface area contributed by atoms with Gasteiger partial charge in [0.05, 0.1) is 0 Å². The molecule has 0 aliphatic heterocycles. The summed E-state index contributed by atoms with van der Waals surface area (Å²) in [6.45, 7) is 6.30. The van der Waals surface area contributed by atoms with Gasteiger partial charge >= 0.3 is 0 Å². The van der Waals surface area contributed by atoms with E-state index in [1.807, 2.05) is 49.4 Å². The topological polar surface area (TPSA) is 17.1 Å². The minimum absolute atomic E-state index is 0.0576. The summed E-state index contributed by atoms with van der Waals surface area (Å²) in [6.07, 6.45) is 0. The van der Waals surface area contributed by atoms with Crippen LogP contribution in [0.4, 0.5) is 0 Å². The highest BCUT2D eigenvalue weighted by Crippen LogP contribution is 2.22. The molecule has 0 saturated heterocycles. The van der Waals surface area contributed by atoms with Gasteiger partial charge in [0.1, 0.15) is 0 Å². The van der Waals surface area contributed by atoms with Crippen LogP contribution in [-0.4, -0.2) is 5.78 Å². The molecule has 2 aromatic carbocycles. The fourth-order valence-corrected chi connectivity index (χ4v) is 2.65. The van der Waals surface area contributed by atoms with E-state index in [0.717, 1.165) is 15.6 Å². The molecule has 0 radical (unpaired) electrons. The van der Waals surface area contributed by atoms with Crippen molar-refractivity contribution in [1.29, 1.82) is 0 Å². The third-order valence-corrected chi connectivity index (χ3v) is 3.86. The number of benzene rings is 2. The van der Waals surface area contributed by atoms with E-state index in [2.05, 4.69) is 29.8 Å². The molecule has 0 spiro atoms. The van der Waals surface area contributed by atoms with Crippen LogP contribution in [0.5, 0.6) is 0 Å². The van der Waals surface area contributed by atoms with Crippen molar-refractivity contribution in [2.24, 2.45) is 0 Å². The number of halogens is 1. The van der Waals surface area contributed by atoms with Crippen LogP contribution in [0.15, 0.2) is 46.9 Å². The second-order valence-corrected chi connectivity index (χ2v) is 5.94. The summed E-state index contributed by atoms with van der Waals surface area (Å²) in [7, 11) is 0. The van der Waals surface area contributed by atoms with Gasteiger partial charge in [0.25, 0.3) is 0 Å². The van der Waals surface area contributed by atoms with Crippen LogP contribution in [0.2, 0.25) is 0 Å². The molecule has 2 aromatic rings.